The zero-order valence-electron chi connectivity index (χ0n) is 8.71. The van der Waals surface area contributed by atoms with Crippen molar-refractivity contribution in [3.05, 3.63) is 24.3 Å². The van der Waals surface area contributed by atoms with Gasteiger partial charge in [0.25, 0.3) is 0 Å². The van der Waals surface area contributed by atoms with E-state index in [0.29, 0.717) is 5.69 Å². The fourth-order valence-electron chi connectivity index (χ4n) is 1.92. The lowest BCUT2D eigenvalue weighted by Crippen LogP contribution is -2.36. The topological polar surface area (TPSA) is 86.8 Å². The van der Waals surface area contributed by atoms with Crippen molar-refractivity contribution < 1.29 is 15.0 Å². The summed E-state index contributed by atoms with van der Waals surface area (Å²) in [5.74, 6) is -0.334. The quantitative estimate of drug-likeness (QED) is 0.580. The molecule has 0 bridgehead atoms. The summed E-state index contributed by atoms with van der Waals surface area (Å²) in [5.41, 5.74) is 6.97. The third-order valence-corrected chi connectivity index (χ3v) is 2.80. The predicted octanol–water partition coefficient (Wildman–Crippen LogP) is -0.620. The molecule has 86 valence electrons. The fraction of sp³-hybridized carbons (Fsp3) is 0.364. The van der Waals surface area contributed by atoms with E-state index in [1.165, 1.54) is 0 Å². The predicted molar refractivity (Wildman–Crippen MR) is 60.1 cm³/mol. The summed E-state index contributed by atoms with van der Waals surface area (Å²) in [7, 11) is 0. The van der Waals surface area contributed by atoms with Gasteiger partial charge in [-0.2, -0.15) is 0 Å². The number of benzene rings is 1. The Hall–Kier alpha value is -1.59. The average molecular weight is 222 g/mol. The van der Waals surface area contributed by atoms with Gasteiger partial charge in [0, 0.05) is 11.4 Å². The molecule has 1 aliphatic rings. The van der Waals surface area contributed by atoms with Gasteiger partial charge in [-0.15, -0.1) is 0 Å². The van der Waals surface area contributed by atoms with E-state index >= 15 is 0 Å². The second kappa shape index (κ2) is 4.11. The molecule has 1 fully saturated rings. The highest BCUT2D eigenvalue weighted by atomic mass is 16.3. The molecule has 4 N–H and O–H groups in total. The number of ketones is 1. The number of nitrogens with two attached hydrogens (primary N) is 1. The summed E-state index contributed by atoms with van der Waals surface area (Å²) in [6.07, 6.45) is -1.02. The molecule has 2 atom stereocenters. The smallest absolute Gasteiger partial charge is 0.187 e. The van der Waals surface area contributed by atoms with E-state index in [1.54, 1.807) is 29.2 Å². The van der Waals surface area contributed by atoms with Gasteiger partial charge in [-0.1, -0.05) is 0 Å². The van der Waals surface area contributed by atoms with Crippen LogP contribution < -0.4 is 10.6 Å². The van der Waals surface area contributed by atoms with Gasteiger partial charge in [-0.25, -0.2) is 0 Å². The molecule has 1 aromatic rings. The summed E-state index contributed by atoms with van der Waals surface area (Å²) < 4.78 is 0. The lowest BCUT2D eigenvalue weighted by atomic mass is 10.2. The minimum Gasteiger partial charge on any atom is -0.399 e. The first-order chi connectivity index (χ1) is 7.63. The molecule has 0 saturated carbocycles. The number of nitrogens with zero attached hydrogens (tertiary/aromatic N) is 1. The van der Waals surface area contributed by atoms with Crippen LogP contribution in [0.3, 0.4) is 0 Å². The van der Waals surface area contributed by atoms with Crippen LogP contribution in [0.15, 0.2) is 24.3 Å². The van der Waals surface area contributed by atoms with E-state index < -0.39 is 12.1 Å². The van der Waals surface area contributed by atoms with Crippen LogP contribution in [-0.4, -0.2) is 41.3 Å². The molecule has 1 aromatic carbocycles. The van der Waals surface area contributed by atoms with Gasteiger partial charge >= 0.3 is 0 Å². The highest BCUT2D eigenvalue weighted by molar-refractivity contribution is 5.94. The normalized spacial score (nSPS) is 25.1. The SMILES string of the molecule is Nc1ccc(N2CC(O)C(=O)C2CO)cc1. The summed E-state index contributed by atoms with van der Waals surface area (Å²) in [6.45, 7) is -0.0752. The average Bonchev–Trinajstić information content (AvgIpc) is 2.56. The number of nitrogen functional groups attached to an aromatic ring is 1. The molecule has 0 amide bonds. The summed E-state index contributed by atoms with van der Waals surface area (Å²) in [6, 6.07) is 6.32. The molecule has 1 aliphatic heterocycles. The van der Waals surface area contributed by atoms with Crippen LogP contribution in [-0.2, 0) is 4.79 Å². The van der Waals surface area contributed by atoms with Crippen molar-refractivity contribution in [1.29, 1.82) is 0 Å². The molecule has 0 aromatic heterocycles. The summed E-state index contributed by atoms with van der Waals surface area (Å²) in [4.78, 5) is 13.2. The van der Waals surface area contributed by atoms with Gasteiger partial charge in [0.1, 0.15) is 12.1 Å². The third-order valence-electron chi connectivity index (χ3n) is 2.80. The summed E-state index contributed by atoms with van der Waals surface area (Å²) in [5, 5.41) is 18.6. The maximum absolute atomic E-state index is 11.5. The Morgan fingerprint density at radius 2 is 2.00 bits per heavy atom. The van der Waals surface area contributed by atoms with Crippen LogP contribution in [0.25, 0.3) is 0 Å². The molecule has 1 heterocycles. The molecule has 2 rings (SSSR count). The van der Waals surface area contributed by atoms with Crippen LogP contribution in [0, 0.1) is 0 Å². The maximum Gasteiger partial charge on any atom is 0.187 e. The van der Waals surface area contributed by atoms with Crippen LogP contribution in [0.2, 0.25) is 0 Å². The van der Waals surface area contributed by atoms with Crippen molar-refractivity contribution >= 4 is 17.2 Å². The van der Waals surface area contributed by atoms with Gasteiger partial charge < -0.3 is 20.8 Å². The number of Topliss-reactive ketones (excluding diaryl/α,β-unsaturated/α-hetero) is 1. The number of hydrogen-bond acceptors (Lipinski definition) is 5. The monoisotopic (exact) mass is 222 g/mol. The molecule has 2 unspecified atom stereocenters. The van der Waals surface area contributed by atoms with Crippen molar-refractivity contribution in [2.45, 2.75) is 12.1 Å². The van der Waals surface area contributed by atoms with Crippen molar-refractivity contribution in [2.75, 3.05) is 23.8 Å². The first-order valence-corrected chi connectivity index (χ1v) is 5.08. The molecule has 0 radical (unpaired) electrons. The molecule has 5 nitrogen and oxygen atoms in total. The van der Waals surface area contributed by atoms with Gasteiger partial charge in [0.05, 0.1) is 13.2 Å². The first kappa shape index (κ1) is 10.9. The number of β-amino-alcohol motifs (C(OH)–C–C–N with tert-alkyl or cyclic N) is 1. The second-order valence-electron chi connectivity index (χ2n) is 3.86. The Labute approximate surface area is 93.1 Å². The molecule has 16 heavy (non-hydrogen) atoms. The van der Waals surface area contributed by atoms with Crippen molar-refractivity contribution in [1.82, 2.24) is 0 Å². The minimum absolute atomic E-state index is 0.216. The van der Waals surface area contributed by atoms with Gasteiger partial charge in [0.2, 0.25) is 0 Å². The summed E-state index contributed by atoms with van der Waals surface area (Å²) >= 11 is 0. The lowest BCUT2D eigenvalue weighted by Gasteiger charge is -2.23. The molecular weight excluding hydrogens is 208 g/mol. The van der Waals surface area contributed by atoms with Crippen LogP contribution >= 0.6 is 0 Å². The van der Waals surface area contributed by atoms with E-state index in [2.05, 4.69) is 0 Å². The zero-order valence-corrected chi connectivity index (χ0v) is 8.71. The van der Waals surface area contributed by atoms with Crippen LogP contribution in [0.5, 0.6) is 0 Å². The maximum atomic E-state index is 11.5. The van der Waals surface area contributed by atoms with E-state index in [4.69, 9.17) is 10.8 Å². The number of aliphatic hydroxyl groups is 2. The van der Waals surface area contributed by atoms with Crippen molar-refractivity contribution in [3.8, 4) is 0 Å². The van der Waals surface area contributed by atoms with E-state index in [0.717, 1.165) is 5.69 Å². The molecule has 1 saturated heterocycles. The van der Waals surface area contributed by atoms with Crippen molar-refractivity contribution in [3.63, 3.8) is 0 Å². The molecule has 0 spiro atoms. The zero-order chi connectivity index (χ0) is 11.7. The van der Waals surface area contributed by atoms with E-state index in [9.17, 15) is 9.90 Å². The standard InChI is InChI=1S/C11H14N2O3/c12-7-1-3-8(4-2-7)13-5-10(15)11(16)9(13)6-14/h1-4,9-10,14-15H,5-6,12H2. The highest BCUT2D eigenvalue weighted by Gasteiger charge is 2.38. The van der Waals surface area contributed by atoms with Gasteiger partial charge in [-0.05, 0) is 24.3 Å². The highest BCUT2D eigenvalue weighted by Crippen LogP contribution is 2.24. The largest absolute Gasteiger partial charge is 0.399 e. The first-order valence-electron chi connectivity index (χ1n) is 5.08. The number of anilines is 2. The number of rotatable bonds is 2. The van der Waals surface area contributed by atoms with Gasteiger partial charge in [-0.3, -0.25) is 4.79 Å². The molecule has 5 heteroatoms. The van der Waals surface area contributed by atoms with E-state index in [1.807, 2.05) is 0 Å². The Morgan fingerprint density at radius 3 is 2.56 bits per heavy atom. The lowest BCUT2D eigenvalue weighted by molar-refractivity contribution is -0.125. The number of carbonyl (C=O) groups is 1. The number of aliphatic hydroxyl groups excluding tert-OH is 2. The Kier molecular flexibility index (Phi) is 2.80. The Bertz CT molecular complexity index is 391. The van der Waals surface area contributed by atoms with E-state index in [-0.39, 0.29) is 18.9 Å². The van der Waals surface area contributed by atoms with Crippen LogP contribution in [0.1, 0.15) is 0 Å². The third kappa shape index (κ3) is 1.75. The second-order valence-corrected chi connectivity index (χ2v) is 3.86. The molecular formula is C11H14N2O3. The Balaban J connectivity index is 2.27. The Morgan fingerprint density at radius 1 is 1.38 bits per heavy atom. The van der Waals surface area contributed by atoms with Gasteiger partial charge in [0.15, 0.2) is 5.78 Å². The van der Waals surface area contributed by atoms with Crippen LogP contribution in [0.4, 0.5) is 11.4 Å². The molecule has 0 aliphatic carbocycles. The number of carbonyl (C=O) groups excluding carboxylic acids is 1. The number of hydrogen-bond donors (Lipinski definition) is 3. The minimum atomic E-state index is -1.02. The fourth-order valence-corrected chi connectivity index (χ4v) is 1.92. The van der Waals surface area contributed by atoms with Crippen molar-refractivity contribution in [2.24, 2.45) is 0 Å².